The maximum absolute atomic E-state index is 12.0. The molecule has 0 spiro atoms. The highest BCUT2D eigenvalue weighted by Gasteiger charge is 2.25. The van der Waals surface area contributed by atoms with E-state index in [-0.39, 0.29) is 6.09 Å². The summed E-state index contributed by atoms with van der Waals surface area (Å²) in [7, 11) is 0. The molecule has 0 saturated heterocycles. The molecule has 1 N–H and O–H groups in total. The fraction of sp³-hybridized carbons (Fsp3) is 0.857. The molecule has 1 rings (SSSR count). The molecule has 1 aliphatic rings. The zero-order chi connectivity index (χ0) is 15.2. The lowest BCUT2D eigenvalue weighted by Crippen LogP contribution is -2.48. The van der Waals surface area contributed by atoms with Crippen LogP contribution in [0.15, 0.2) is 4.99 Å². The highest BCUT2D eigenvalue weighted by Crippen LogP contribution is 2.11. The first-order valence-electron chi connectivity index (χ1n) is 7.08. The Morgan fingerprint density at radius 3 is 2.85 bits per heavy atom. The fourth-order valence-electron chi connectivity index (χ4n) is 1.84. The van der Waals surface area contributed by atoms with Gasteiger partial charge in [-0.15, -0.1) is 0 Å². The van der Waals surface area contributed by atoms with Crippen molar-refractivity contribution in [3.8, 4) is 0 Å². The number of thioether (sulfide) groups is 1. The van der Waals surface area contributed by atoms with E-state index in [1.165, 1.54) is 0 Å². The van der Waals surface area contributed by atoms with Crippen LogP contribution in [-0.4, -0.2) is 60.1 Å². The summed E-state index contributed by atoms with van der Waals surface area (Å²) in [6, 6.07) is 0.375. The van der Waals surface area contributed by atoms with Gasteiger partial charge in [0.05, 0.1) is 13.1 Å². The Bertz CT molecular complexity index is 353. The Balaban J connectivity index is 2.45. The number of rotatable bonds is 4. The molecule has 0 aromatic rings. The zero-order valence-electron chi connectivity index (χ0n) is 13.2. The first-order chi connectivity index (χ1) is 9.31. The van der Waals surface area contributed by atoms with Crippen molar-refractivity contribution in [2.45, 2.75) is 45.8 Å². The lowest BCUT2D eigenvalue weighted by atomic mass is 10.2. The maximum atomic E-state index is 12.0. The van der Waals surface area contributed by atoms with Gasteiger partial charge in [0.15, 0.2) is 0 Å². The van der Waals surface area contributed by atoms with Crippen LogP contribution in [0.1, 0.15) is 34.1 Å². The highest BCUT2D eigenvalue weighted by molar-refractivity contribution is 7.98. The van der Waals surface area contributed by atoms with Crippen LogP contribution in [0, 0.1) is 0 Å². The molecule has 5 nitrogen and oxygen atoms in total. The topological polar surface area (TPSA) is 53.9 Å². The number of hydrogen-bond acceptors (Lipinski definition) is 5. The van der Waals surface area contributed by atoms with Gasteiger partial charge in [-0.05, 0) is 46.1 Å². The predicted octanol–water partition coefficient (Wildman–Crippen LogP) is 2.37. The molecule has 1 unspecified atom stereocenters. The Hall–Kier alpha value is -0.910. The molecule has 0 radical (unpaired) electrons. The van der Waals surface area contributed by atoms with Crippen molar-refractivity contribution in [1.82, 2.24) is 10.2 Å². The minimum atomic E-state index is -0.453. The first kappa shape index (κ1) is 17.1. The van der Waals surface area contributed by atoms with Gasteiger partial charge in [-0.3, -0.25) is 9.89 Å². The molecule has 0 bridgehead atoms. The molecule has 0 aromatic heterocycles. The third-order valence-corrected chi connectivity index (χ3v) is 3.48. The van der Waals surface area contributed by atoms with E-state index in [0.717, 1.165) is 18.0 Å². The van der Waals surface area contributed by atoms with Crippen LogP contribution in [0.25, 0.3) is 0 Å². The quantitative estimate of drug-likeness (QED) is 0.866. The van der Waals surface area contributed by atoms with Crippen molar-refractivity contribution in [2.75, 3.05) is 31.6 Å². The molecule has 0 saturated carbocycles. The number of amides is 1. The smallest absolute Gasteiger partial charge is 0.410 e. The van der Waals surface area contributed by atoms with Gasteiger partial charge >= 0.3 is 6.09 Å². The van der Waals surface area contributed by atoms with Crippen LogP contribution in [0.5, 0.6) is 0 Å². The molecule has 1 amide bonds. The van der Waals surface area contributed by atoms with E-state index in [1.807, 2.05) is 32.5 Å². The van der Waals surface area contributed by atoms with E-state index < -0.39 is 5.60 Å². The van der Waals surface area contributed by atoms with Gasteiger partial charge in [0.2, 0.25) is 0 Å². The number of nitrogens with zero attached hydrogens (tertiary/aromatic N) is 2. The summed E-state index contributed by atoms with van der Waals surface area (Å²) in [4.78, 5) is 18.2. The lowest BCUT2D eigenvalue weighted by Gasteiger charge is -2.30. The second-order valence-electron chi connectivity index (χ2n) is 6.06. The summed E-state index contributed by atoms with van der Waals surface area (Å²) in [6.07, 6.45) is 2.94. The number of aliphatic imine (C=N–C) groups is 1. The summed E-state index contributed by atoms with van der Waals surface area (Å²) < 4.78 is 5.40. The normalized spacial score (nSPS) is 17.4. The zero-order valence-corrected chi connectivity index (χ0v) is 14.0. The largest absolute Gasteiger partial charge is 0.444 e. The highest BCUT2D eigenvalue weighted by atomic mass is 32.2. The average molecular weight is 301 g/mol. The molecule has 0 aromatic carbocycles. The second kappa shape index (κ2) is 7.76. The summed E-state index contributed by atoms with van der Waals surface area (Å²) in [5.41, 5.74) is -0.453. The van der Waals surface area contributed by atoms with Crippen molar-refractivity contribution in [1.29, 1.82) is 0 Å². The fourth-order valence-corrected chi connectivity index (χ4v) is 2.43. The summed E-state index contributed by atoms with van der Waals surface area (Å²) in [6.45, 7) is 9.56. The van der Waals surface area contributed by atoms with Crippen molar-refractivity contribution < 1.29 is 9.53 Å². The van der Waals surface area contributed by atoms with E-state index in [0.29, 0.717) is 25.7 Å². The van der Waals surface area contributed by atoms with E-state index in [1.54, 1.807) is 4.90 Å². The number of carbonyl (C=O) groups is 1. The predicted molar refractivity (Wildman–Crippen MR) is 85.7 cm³/mol. The van der Waals surface area contributed by atoms with Crippen molar-refractivity contribution in [3.05, 3.63) is 0 Å². The number of nitrogens with one attached hydrogen (secondary N) is 1. The number of amidine groups is 1. The molecule has 0 fully saturated rings. The minimum Gasteiger partial charge on any atom is -0.444 e. The first-order valence-corrected chi connectivity index (χ1v) is 8.48. The van der Waals surface area contributed by atoms with E-state index >= 15 is 0 Å². The summed E-state index contributed by atoms with van der Waals surface area (Å²) in [5.74, 6) is 2.01. The van der Waals surface area contributed by atoms with Crippen LogP contribution < -0.4 is 5.32 Å². The van der Waals surface area contributed by atoms with Gasteiger partial charge < -0.3 is 10.1 Å². The average Bonchev–Trinajstić information content (AvgIpc) is 2.34. The Morgan fingerprint density at radius 1 is 1.55 bits per heavy atom. The SMILES string of the molecule is CSCCC(C)NC1=NCCN(C(=O)OC(C)(C)C)C1. The Kier molecular flexibility index (Phi) is 6.65. The number of carbonyl (C=O) groups excluding carboxylic acids is 1. The summed E-state index contributed by atoms with van der Waals surface area (Å²) >= 11 is 1.84. The Labute approximate surface area is 126 Å². The molecule has 0 aliphatic carbocycles. The van der Waals surface area contributed by atoms with Crippen LogP contribution in [-0.2, 0) is 4.74 Å². The molecule has 1 aliphatic heterocycles. The second-order valence-corrected chi connectivity index (χ2v) is 7.04. The Morgan fingerprint density at radius 2 is 2.25 bits per heavy atom. The summed E-state index contributed by atoms with van der Waals surface area (Å²) in [5, 5.41) is 3.39. The van der Waals surface area contributed by atoms with E-state index in [2.05, 4.69) is 23.5 Å². The van der Waals surface area contributed by atoms with E-state index in [4.69, 9.17) is 4.74 Å². The molecule has 20 heavy (non-hydrogen) atoms. The monoisotopic (exact) mass is 301 g/mol. The van der Waals surface area contributed by atoms with Crippen molar-refractivity contribution in [3.63, 3.8) is 0 Å². The van der Waals surface area contributed by atoms with Gasteiger partial charge in [-0.2, -0.15) is 11.8 Å². The van der Waals surface area contributed by atoms with Crippen LogP contribution >= 0.6 is 11.8 Å². The van der Waals surface area contributed by atoms with Crippen molar-refractivity contribution in [2.24, 2.45) is 4.99 Å². The molecule has 1 atom stereocenters. The van der Waals surface area contributed by atoms with Gasteiger partial charge in [-0.1, -0.05) is 0 Å². The van der Waals surface area contributed by atoms with Gasteiger partial charge in [0.25, 0.3) is 0 Å². The lowest BCUT2D eigenvalue weighted by molar-refractivity contribution is 0.0276. The van der Waals surface area contributed by atoms with Crippen molar-refractivity contribution >= 4 is 23.7 Å². The molecular formula is C14H27N3O2S. The molecule has 1 heterocycles. The third-order valence-electron chi connectivity index (χ3n) is 2.83. The van der Waals surface area contributed by atoms with Gasteiger partial charge in [-0.25, -0.2) is 4.79 Å². The maximum Gasteiger partial charge on any atom is 0.410 e. The minimum absolute atomic E-state index is 0.261. The number of hydrogen-bond donors (Lipinski definition) is 1. The third kappa shape index (κ3) is 6.50. The van der Waals surface area contributed by atoms with Gasteiger partial charge in [0.1, 0.15) is 11.4 Å². The van der Waals surface area contributed by atoms with Crippen LogP contribution in [0.4, 0.5) is 4.79 Å². The molecular weight excluding hydrogens is 274 g/mol. The standard InChI is InChI=1S/C14H27N3O2S/c1-11(6-9-20-5)16-12-10-17(8-7-15-12)13(18)19-14(2,3)4/h11H,6-10H2,1-5H3,(H,15,16). The number of ether oxygens (including phenoxy) is 1. The van der Waals surface area contributed by atoms with Crippen LogP contribution in [0.3, 0.4) is 0 Å². The van der Waals surface area contributed by atoms with Gasteiger partial charge in [0, 0.05) is 12.6 Å². The van der Waals surface area contributed by atoms with E-state index in [9.17, 15) is 4.79 Å². The van der Waals surface area contributed by atoms with Crippen LogP contribution in [0.2, 0.25) is 0 Å². The molecule has 6 heteroatoms. The molecule has 116 valence electrons.